The Morgan fingerprint density at radius 1 is 0.860 bits per heavy atom. The molecule has 2 N–H and O–H groups in total. The molecule has 0 spiro atoms. The van der Waals surface area contributed by atoms with Gasteiger partial charge in [-0.1, -0.05) is 68.5 Å². The topological polar surface area (TPSA) is 92.0 Å². The van der Waals surface area contributed by atoms with Crippen LogP contribution >= 0.6 is 0 Å². The zero-order valence-corrected chi connectivity index (χ0v) is 25.3. The number of hydrogen-bond donors (Lipinski definition) is 2. The Hall–Kier alpha value is -4.13. The molecule has 4 aromatic rings. The van der Waals surface area contributed by atoms with E-state index in [1.807, 2.05) is 31.2 Å². The third-order valence-corrected chi connectivity index (χ3v) is 9.43. The molecule has 0 unspecified atom stereocenters. The number of phenols is 1. The first-order chi connectivity index (χ1) is 21.0. The fourth-order valence-electron chi connectivity index (χ4n) is 7.13. The highest BCUT2D eigenvalue weighted by Gasteiger charge is 2.29. The molecule has 7 heteroatoms. The number of aromatic nitrogens is 2. The lowest BCUT2D eigenvalue weighted by Gasteiger charge is -2.36. The average Bonchev–Trinajstić information content (AvgIpc) is 3.33. The molecule has 224 valence electrons. The lowest BCUT2D eigenvalue weighted by Crippen LogP contribution is -2.23. The number of aromatic hydroxyl groups is 1. The second-order valence-electron chi connectivity index (χ2n) is 12.2. The van der Waals surface area contributed by atoms with Gasteiger partial charge in [-0.3, -0.25) is 9.89 Å². The molecule has 2 fully saturated rings. The van der Waals surface area contributed by atoms with Gasteiger partial charge in [0, 0.05) is 6.07 Å². The van der Waals surface area contributed by atoms with Gasteiger partial charge in [-0.15, -0.1) is 10.2 Å². The van der Waals surface area contributed by atoms with Crippen molar-refractivity contribution < 1.29 is 9.84 Å². The van der Waals surface area contributed by atoms with Crippen molar-refractivity contribution in [3.63, 3.8) is 0 Å². The van der Waals surface area contributed by atoms with Gasteiger partial charge in [0.25, 0.3) is 5.56 Å². The van der Waals surface area contributed by atoms with Crippen LogP contribution in [0, 0.1) is 18.8 Å². The lowest BCUT2D eigenvalue weighted by atomic mass is 9.70. The molecule has 0 aliphatic heterocycles. The fourth-order valence-corrected chi connectivity index (χ4v) is 7.13. The summed E-state index contributed by atoms with van der Waals surface area (Å²) in [4.78, 5) is 13.4. The van der Waals surface area contributed by atoms with E-state index in [1.165, 1.54) is 68.0 Å². The predicted octanol–water partition coefficient (Wildman–Crippen LogP) is 9.51. The van der Waals surface area contributed by atoms with Gasteiger partial charge in [0.05, 0.1) is 18.0 Å². The van der Waals surface area contributed by atoms with Gasteiger partial charge in [0.2, 0.25) is 0 Å². The molecule has 0 bridgehead atoms. The van der Waals surface area contributed by atoms with Crippen LogP contribution in [-0.4, -0.2) is 21.5 Å². The summed E-state index contributed by atoms with van der Waals surface area (Å²) in [7, 11) is 0. The minimum Gasteiger partial charge on any atom is -0.508 e. The van der Waals surface area contributed by atoms with Crippen LogP contribution in [0.15, 0.2) is 81.8 Å². The number of ether oxygens (including phenoxy) is 1. The Morgan fingerprint density at radius 2 is 1.58 bits per heavy atom. The maximum Gasteiger partial charge on any atom is 0.299 e. The van der Waals surface area contributed by atoms with Gasteiger partial charge in [0.1, 0.15) is 17.2 Å². The lowest BCUT2D eigenvalue weighted by molar-refractivity contribution is 0.186. The number of para-hydroxylation sites is 1. The van der Waals surface area contributed by atoms with Crippen molar-refractivity contribution in [3.05, 3.63) is 88.3 Å². The number of phenolic OH excluding ortho intramolecular Hbond substituents is 1. The van der Waals surface area contributed by atoms with Crippen LogP contribution in [0.4, 0.5) is 11.4 Å². The number of nitrogens with one attached hydrogen (secondary N) is 1. The number of rotatable bonds is 8. The SMILES string of the molecule is CCOc1ccccc1N=Nc1c(C)[nH]n(-c2cc(O)cc(-c3ccc(C4CCC(C5CCCCC5)CC4)cc3)c2)c1=O. The van der Waals surface area contributed by atoms with E-state index in [0.717, 1.165) is 23.0 Å². The molecule has 6 rings (SSSR count). The van der Waals surface area contributed by atoms with Gasteiger partial charge < -0.3 is 9.84 Å². The number of aryl methyl sites for hydroxylation is 1. The summed E-state index contributed by atoms with van der Waals surface area (Å²) in [5, 5.41) is 22.3. The van der Waals surface area contributed by atoms with Crippen LogP contribution in [0.25, 0.3) is 16.8 Å². The molecule has 0 saturated heterocycles. The molecule has 2 aliphatic rings. The maximum absolute atomic E-state index is 13.4. The minimum atomic E-state index is -0.342. The van der Waals surface area contributed by atoms with Crippen molar-refractivity contribution in [1.82, 2.24) is 9.78 Å². The van der Waals surface area contributed by atoms with Gasteiger partial charge in [0.15, 0.2) is 5.69 Å². The van der Waals surface area contributed by atoms with E-state index in [9.17, 15) is 9.90 Å². The zero-order chi connectivity index (χ0) is 29.8. The Kier molecular flexibility index (Phi) is 8.77. The summed E-state index contributed by atoms with van der Waals surface area (Å²) in [5.74, 6) is 3.21. The van der Waals surface area contributed by atoms with Crippen molar-refractivity contribution in [1.29, 1.82) is 0 Å². The summed E-state index contributed by atoms with van der Waals surface area (Å²) in [6.07, 6.45) is 12.4. The summed E-state index contributed by atoms with van der Waals surface area (Å²) < 4.78 is 7.03. The van der Waals surface area contributed by atoms with E-state index in [1.54, 1.807) is 25.1 Å². The predicted molar refractivity (Wildman–Crippen MR) is 171 cm³/mol. The molecule has 3 aromatic carbocycles. The molecule has 0 radical (unpaired) electrons. The van der Waals surface area contributed by atoms with E-state index < -0.39 is 0 Å². The van der Waals surface area contributed by atoms with Crippen molar-refractivity contribution in [3.8, 4) is 28.3 Å². The summed E-state index contributed by atoms with van der Waals surface area (Å²) >= 11 is 0. The van der Waals surface area contributed by atoms with E-state index in [0.29, 0.717) is 35.3 Å². The molecule has 2 aliphatic carbocycles. The molecular formula is C36H42N4O3. The number of benzene rings is 3. The monoisotopic (exact) mass is 578 g/mol. The first-order valence-electron chi connectivity index (χ1n) is 15.9. The molecule has 1 heterocycles. The highest BCUT2D eigenvalue weighted by molar-refractivity contribution is 5.68. The molecule has 43 heavy (non-hydrogen) atoms. The smallest absolute Gasteiger partial charge is 0.299 e. The number of hydrogen-bond acceptors (Lipinski definition) is 5. The molecular weight excluding hydrogens is 536 g/mol. The van der Waals surface area contributed by atoms with E-state index in [-0.39, 0.29) is 17.0 Å². The van der Waals surface area contributed by atoms with Crippen LogP contribution in [0.5, 0.6) is 11.5 Å². The molecule has 0 atom stereocenters. The number of azo groups is 1. The quantitative estimate of drug-likeness (QED) is 0.204. The third kappa shape index (κ3) is 6.46. The number of aromatic amines is 1. The molecule has 0 amide bonds. The fraction of sp³-hybridized carbons (Fsp3) is 0.417. The summed E-state index contributed by atoms with van der Waals surface area (Å²) in [6, 6.07) is 21.3. The number of nitrogens with zero attached hydrogens (tertiary/aromatic N) is 3. The largest absolute Gasteiger partial charge is 0.508 e. The first kappa shape index (κ1) is 29.0. The van der Waals surface area contributed by atoms with Crippen molar-refractivity contribution >= 4 is 11.4 Å². The normalized spacial score (nSPS) is 19.6. The van der Waals surface area contributed by atoms with Crippen LogP contribution < -0.4 is 10.3 Å². The zero-order valence-electron chi connectivity index (χ0n) is 25.3. The van der Waals surface area contributed by atoms with E-state index in [2.05, 4.69) is 39.6 Å². The van der Waals surface area contributed by atoms with Crippen LogP contribution in [-0.2, 0) is 0 Å². The van der Waals surface area contributed by atoms with Crippen molar-refractivity contribution in [2.45, 2.75) is 77.6 Å². The Balaban J connectivity index is 1.19. The van der Waals surface area contributed by atoms with Gasteiger partial charge in [-0.2, -0.15) is 0 Å². The van der Waals surface area contributed by atoms with Gasteiger partial charge in [-0.05, 0) is 98.2 Å². The highest BCUT2D eigenvalue weighted by atomic mass is 16.5. The third-order valence-electron chi connectivity index (χ3n) is 9.43. The van der Waals surface area contributed by atoms with Gasteiger partial charge in [-0.25, -0.2) is 4.68 Å². The average molecular weight is 579 g/mol. The Bertz CT molecular complexity index is 1620. The highest BCUT2D eigenvalue weighted by Crippen LogP contribution is 2.43. The van der Waals surface area contributed by atoms with Crippen LogP contribution in [0.1, 0.15) is 81.9 Å². The number of H-pyrrole nitrogens is 1. The van der Waals surface area contributed by atoms with Crippen molar-refractivity contribution in [2.75, 3.05) is 6.61 Å². The first-order valence-corrected chi connectivity index (χ1v) is 15.9. The second kappa shape index (κ2) is 13.0. The van der Waals surface area contributed by atoms with E-state index >= 15 is 0 Å². The van der Waals surface area contributed by atoms with Gasteiger partial charge >= 0.3 is 0 Å². The van der Waals surface area contributed by atoms with E-state index in [4.69, 9.17) is 4.74 Å². The molecule has 2 saturated carbocycles. The minimum absolute atomic E-state index is 0.0885. The molecule has 7 nitrogen and oxygen atoms in total. The Morgan fingerprint density at radius 3 is 2.33 bits per heavy atom. The van der Waals surface area contributed by atoms with Crippen molar-refractivity contribution in [2.24, 2.45) is 22.1 Å². The molecule has 1 aromatic heterocycles. The summed E-state index contributed by atoms with van der Waals surface area (Å²) in [6.45, 7) is 4.20. The second-order valence-corrected chi connectivity index (χ2v) is 12.2. The maximum atomic E-state index is 13.4. The van der Waals surface area contributed by atoms with Crippen LogP contribution in [0.2, 0.25) is 0 Å². The standard InChI is InChI=1S/C36H42N4O3/c1-3-43-34-12-8-7-11-33(34)37-38-35-24(2)39-40(36(35)42)31-21-30(22-32(41)23-31)29-19-17-28(18-20-29)27-15-13-26(14-16-27)25-9-5-4-6-10-25/h7-8,11-12,17-23,25-27,39,41H,3-6,9-10,13-16H2,1-2H3. The van der Waals surface area contributed by atoms with Crippen LogP contribution in [0.3, 0.4) is 0 Å². The summed E-state index contributed by atoms with van der Waals surface area (Å²) in [5.41, 5.74) is 4.78. The Labute approximate surface area is 253 Å².